The van der Waals surface area contributed by atoms with Gasteiger partial charge in [-0.15, -0.1) is 5.10 Å². The molecule has 0 amide bonds. The number of hydrogen-bond acceptors (Lipinski definition) is 2. The maximum absolute atomic E-state index is 4.48. The smallest absolute Gasteiger partial charge is 0.0918 e. The summed E-state index contributed by atoms with van der Waals surface area (Å²) in [5, 5.41) is 8.92. The Balaban J connectivity index is 3.56. The first-order valence-corrected chi connectivity index (χ1v) is 6.88. The highest BCUT2D eigenvalue weighted by molar-refractivity contribution is 5.27. The van der Waals surface area contributed by atoms with Gasteiger partial charge in [0.15, 0.2) is 0 Å². The van der Waals surface area contributed by atoms with Crippen LogP contribution in [0.25, 0.3) is 0 Å². The molecule has 1 aromatic heterocycles. The van der Waals surface area contributed by atoms with Gasteiger partial charge in [0.25, 0.3) is 0 Å². The molecule has 1 rings (SSSR count). The fourth-order valence-corrected chi connectivity index (χ4v) is 2.03. The zero-order valence-electron chi connectivity index (χ0n) is 13.5. The zero-order chi connectivity index (χ0) is 14.4. The van der Waals surface area contributed by atoms with Crippen LogP contribution in [-0.4, -0.2) is 15.0 Å². The van der Waals surface area contributed by atoms with E-state index in [1.54, 1.807) is 0 Å². The molecule has 18 heavy (non-hydrogen) atoms. The van der Waals surface area contributed by atoms with Crippen LogP contribution in [0.5, 0.6) is 0 Å². The van der Waals surface area contributed by atoms with E-state index in [0.29, 0.717) is 0 Å². The lowest BCUT2D eigenvalue weighted by atomic mass is 9.78. The first kappa shape index (κ1) is 15.2. The second kappa shape index (κ2) is 4.36. The van der Waals surface area contributed by atoms with Crippen molar-refractivity contribution in [2.75, 3.05) is 0 Å². The zero-order valence-corrected chi connectivity index (χ0v) is 13.5. The lowest BCUT2D eigenvalue weighted by Crippen LogP contribution is -2.33. The molecule has 0 unspecified atom stereocenters. The van der Waals surface area contributed by atoms with E-state index in [1.807, 2.05) is 0 Å². The summed E-state index contributed by atoms with van der Waals surface area (Å²) >= 11 is 0. The Labute approximate surface area is 112 Å². The lowest BCUT2D eigenvalue weighted by molar-refractivity contribution is 0.306. The monoisotopic (exact) mass is 251 g/mol. The molecule has 0 bridgehead atoms. The lowest BCUT2D eigenvalue weighted by Gasteiger charge is -2.32. The van der Waals surface area contributed by atoms with Crippen LogP contribution < -0.4 is 0 Å². The Morgan fingerprint density at radius 1 is 0.944 bits per heavy atom. The molecule has 3 nitrogen and oxygen atoms in total. The second-order valence-electron chi connectivity index (χ2n) is 7.86. The molecule has 0 saturated heterocycles. The summed E-state index contributed by atoms with van der Waals surface area (Å²) in [6, 6.07) is 0. The third-order valence-corrected chi connectivity index (χ3v) is 3.54. The highest BCUT2D eigenvalue weighted by Crippen LogP contribution is 2.36. The van der Waals surface area contributed by atoms with Gasteiger partial charge in [0.2, 0.25) is 0 Å². The Morgan fingerprint density at radius 2 is 1.44 bits per heavy atom. The van der Waals surface area contributed by atoms with Crippen molar-refractivity contribution in [3.63, 3.8) is 0 Å². The summed E-state index contributed by atoms with van der Waals surface area (Å²) in [5.74, 6) is 0. The fourth-order valence-electron chi connectivity index (χ4n) is 2.03. The number of hydrogen-bond donors (Lipinski definition) is 0. The second-order valence-corrected chi connectivity index (χ2v) is 7.86. The number of rotatable bonds is 2. The van der Waals surface area contributed by atoms with Crippen molar-refractivity contribution in [2.24, 2.45) is 0 Å². The van der Waals surface area contributed by atoms with Gasteiger partial charge in [-0.3, -0.25) is 0 Å². The highest BCUT2D eigenvalue weighted by Gasteiger charge is 2.36. The Hall–Kier alpha value is -0.860. The maximum Gasteiger partial charge on any atom is 0.0918 e. The van der Waals surface area contributed by atoms with Crippen molar-refractivity contribution in [2.45, 2.75) is 85.1 Å². The van der Waals surface area contributed by atoms with Gasteiger partial charge >= 0.3 is 0 Å². The molecule has 0 aliphatic carbocycles. The minimum absolute atomic E-state index is 0.0295. The van der Waals surface area contributed by atoms with Gasteiger partial charge < -0.3 is 0 Å². The molecule has 0 saturated carbocycles. The van der Waals surface area contributed by atoms with Crippen molar-refractivity contribution in [1.29, 1.82) is 0 Å². The van der Waals surface area contributed by atoms with Crippen LogP contribution >= 0.6 is 0 Å². The van der Waals surface area contributed by atoms with Gasteiger partial charge in [-0.2, -0.15) is 0 Å². The summed E-state index contributed by atoms with van der Waals surface area (Å²) < 4.78 is 2.11. The molecule has 0 N–H and O–H groups in total. The minimum Gasteiger partial charge on any atom is -0.243 e. The topological polar surface area (TPSA) is 30.7 Å². The van der Waals surface area contributed by atoms with E-state index >= 15 is 0 Å². The third kappa shape index (κ3) is 2.76. The van der Waals surface area contributed by atoms with Crippen LogP contribution in [-0.2, 0) is 16.4 Å². The van der Waals surface area contributed by atoms with E-state index < -0.39 is 0 Å². The predicted octanol–water partition coefficient (Wildman–Crippen LogP) is 4.02. The maximum atomic E-state index is 4.48. The van der Waals surface area contributed by atoms with Crippen molar-refractivity contribution < 1.29 is 0 Å². The van der Waals surface area contributed by atoms with Crippen LogP contribution in [0.4, 0.5) is 0 Å². The standard InChI is InChI=1S/C15H29N3/c1-10-15(8,9)12-11(13(2,3)4)16-17-18(12)14(5,6)7/h10H2,1-9H3. The van der Waals surface area contributed by atoms with Gasteiger partial charge in [-0.25, -0.2) is 4.68 Å². The van der Waals surface area contributed by atoms with Crippen molar-refractivity contribution >= 4 is 0 Å². The average Bonchev–Trinajstić information content (AvgIpc) is 2.60. The summed E-state index contributed by atoms with van der Waals surface area (Å²) in [7, 11) is 0. The third-order valence-electron chi connectivity index (χ3n) is 3.54. The minimum atomic E-state index is -0.0295. The molecule has 0 aliphatic heterocycles. The van der Waals surface area contributed by atoms with Crippen LogP contribution in [0.1, 0.15) is 80.1 Å². The molecule has 1 aromatic rings. The van der Waals surface area contributed by atoms with Crippen molar-refractivity contribution in [3.05, 3.63) is 11.4 Å². The van der Waals surface area contributed by atoms with Crippen molar-refractivity contribution in [3.8, 4) is 0 Å². The van der Waals surface area contributed by atoms with E-state index in [4.69, 9.17) is 0 Å². The van der Waals surface area contributed by atoms with E-state index in [2.05, 4.69) is 77.3 Å². The number of nitrogens with zero attached hydrogens (tertiary/aromatic N) is 3. The van der Waals surface area contributed by atoms with E-state index in [1.165, 1.54) is 5.69 Å². The molecule has 0 atom stereocenters. The van der Waals surface area contributed by atoms with Crippen LogP contribution in [0, 0.1) is 0 Å². The Bertz CT molecular complexity index is 382. The summed E-state index contributed by atoms with van der Waals surface area (Å²) in [6.07, 6.45) is 1.08. The molecule has 0 fully saturated rings. The molecule has 3 heteroatoms. The molecular formula is C15H29N3. The molecule has 0 spiro atoms. The molecule has 0 aromatic carbocycles. The molecular weight excluding hydrogens is 222 g/mol. The van der Waals surface area contributed by atoms with Gasteiger partial charge in [0.1, 0.15) is 0 Å². The van der Waals surface area contributed by atoms with Crippen LogP contribution in [0.15, 0.2) is 0 Å². The Kier molecular flexibility index (Phi) is 3.68. The van der Waals surface area contributed by atoms with Gasteiger partial charge in [-0.1, -0.05) is 46.8 Å². The fraction of sp³-hybridized carbons (Fsp3) is 0.867. The molecule has 1 heterocycles. The summed E-state index contributed by atoms with van der Waals surface area (Å²) in [4.78, 5) is 0. The highest BCUT2D eigenvalue weighted by atomic mass is 15.5. The van der Waals surface area contributed by atoms with E-state index in [9.17, 15) is 0 Å². The first-order chi connectivity index (χ1) is 7.91. The predicted molar refractivity (Wildman–Crippen MR) is 77.0 cm³/mol. The quantitative estimate of drug-likeness (QED) is 0.795. The largest absolute Gasteiger partial charge is 0.243 e. The normalized spacial score (nSPS) is 14.1. The Morgan fingerprint density at radius 3 is 1.78 bits per heavy atom. The van der Waals surface area contributed by atoms with Gasteiger partial charge in [0.05, 0.1) is 16.9 Å². The van der Waals surface area contributed by atoms with Crippen molar-refractivity contribution in [1.82, 2.24) is 15.0 Å². The molecule has 104 valence electrons. The number of aromatic nitrogens is 3. The average molecular weight is 251 g/mol. The first-order valence-electron chi connectivity index (χ1n) is 6.88. The molecule has 0 aliphatic rings. The van der Waals surface area contributed by atoms with Gasteiger partial charge in [-0.05, 0) is 27.2 Å². The van der Waals surface area contributed by atoms with Gasteiger partial charge in [0, 0.05) is 10.8 Å². The van der Waals surface area contributed by atoms with Crippen LogP contribution in [0.3, 0.4) is 0 Å². The summed E-state index contributed by atoms with van der Waals surface area (Å²) in [6.45, 7) is 20.0. The summed E-state index contributed by atoms with van der Waals surface area (Å²) in [5.41, 5.74) is 2.51. The SMILES string of the molecule is CCC(C)(C)c1c(C(C)(C)C)nnn1C(C)(C)C. The van der Waals surface area contributed by atoms with E-state index in [0.717, 1.165) is 12.1 Å². The molecule has 0 radical (unpaired) electrons. The van der Waals surface area contributed by atoms with E-state index in [-0.39, 0.29) is 16.4 Å². The van der Waals surface area contributed by atoms with Crippen LogP contribution in [0.2, 0.25) is 0 Å².